The Morgan fingerprint density at radius 3 is 2.71 bits per heavy atom. The first kappa shape index (κ1) is 13.5. The van der Waals surface area contributed by atoms with Crippen molar-refractivity contribution in [2.75, 3.05) is 6.54 Å². The first-order chi connectivity index (χ1) is 7.87. The number of aromatic nitrogens is 2. The average molecular weight is 246 g/mol. The van der Waals surface area contributed by atoms with Crippen LogP contribution in [0, 0.1) is 11.3 Å². The fourth-order valence-corrected chi connectivity index (χ4v) is 1.51. The summed E-state index contributed by atoms with van der Waals surface area (Å²) in [6.07, 6.45) is -2.19. The zero-order valence-electron chi connectivity index (χ0n) is 9.54. The molecular formula is C10H13F3N4. The second-order valence-electron chi connectivity index (χ2n) is 3.62. The van der Waals surface area contributed by atoms with Crippen molar-refractivity contribution in [2.45, 2.75) is 25.6 Å². The van der Waals surface area contributed by atoms with E-state index in [9.17, 15) is 13.2 Å². The van der Waals surface area contributed by atoms with Crippen LogP contribution in [0.5, 0.6) is 0 Å². The summed E-state index contributed by atoms with van der Waals surface area (Å²) in [5.41, 5.74) is 1.13. The van der Waals surface area contributed by atoms with Gasteiger partial charge in [0.1, 0.15) is 6.04 Å². The van der Waals surface area contributed by atoms with E-state index in [0.29, 0.717) is 17.7 Å². The number of nitrogens with zero attached hydrogens (tertiary/aromatic N) is 3. The molecule has 1 rings (SSSR count). The number of alkyl halides is 3. The Morgan fingerprint density at radius 2 is 2.24 bits per heavy atom. The molecule has 94 valence electrons. The lowest BCUT2D eigenvalue weighted by Gasteiger charge is -2.13. The highest BCUT2D eigenvalue weighted by Gasteiger charge is 2.29. The van der Waals surface area contributed by atoms with Crippen molar-refractivity contribution in [2.24, 2.45) is 7.05 Å². The van der Waals surface area contributed by atoms with Crippen molar-refractivity contribution < 1.29 is 13.2 Å². The number of rotatable bonds is 4. The van der Waals surface area contributed by atoms with Crippen LogP contribution in [0.3, 0.4) is 0 Å². The van der Waals surface area contributed by atoms with Gasteiger partial charge in [-0.3, -0.25) is 10.00 Å². The van der Waals surface area contributed by atoms with E-state index in [1.165, 1.54) is 4.68 Å². The molecule has 0 amide bonds. The van der Waals surface area contributed by atoms with Gasteiger partial charge in [-0.1, -0.05) is 6.92 Å². The third-order valence-electron chi connectivity index (χ3n) is 2.22. The highest BCUT2D eigenvalue weighted by atomic mass is 19.4. The second kappa shape index (κ2) is 5.19. The van der Waals surface area contributed by atoms with Crippen LogP contribution in [-0.2, 0) is 13.5 Å². The molecule has 1 aromatic heterocycles. The lowest BCUT2D eigenvalue weighted by molar-refractivity contribution is -0.125. The number of aryl methyl sites for hydroxylation is 2. The summed E-state index contributed by atoms with van der Waals surface area (Å²) in [5, 5.41) is 15.1. The van der Waals surface area contributed by atoms with Gasteiger partial charge in [0.2, 0.25) is 0 Å². The van der Waals surface area contributed by atoms with Gasteiger partial charge in [0.15, 0.2) is 0 Å². The number of halogens is 3. The lowest BCUT2D eigenvalue weighted by Crippen LogP contribution is -2.31. The average Bonchev–Trinajstić information content (AvgIpc) is 2.59. The zero-order chi connectivity index (χ0) is 13.1. The molecule has 0 bridgehead atoms. The van der Waals surface area contributed by atoms with Crippen molar-refractivity contribution in [3.63, 3.8) is 0 Å². The molecule has 0 aromatic carbocycles. The van der Waals surface area contributed by atoms with Gasteiger partial charge in [-0.25, -0.2) is 0 Å². The summed E-state index contributed by atoms with van der Waals surface area (Å²) in [6, 6.07) is 0.829. The number of nitrogens with one attached hydrogen (secondary N) is 1. The minimum Gasteiger partial charge on any atom is -0.290 e. The molecule has 17 heavy (non-hydrogen) atoms. The summed E-state index contributed by atoms with van der Waals surface area (Å²) in [7, 11) is 1.67. The van der Waals surface area contributed by atoms with E-state index >= 15 is 0 Å². The van der Waals surface area contributed by atoms with Crippen LogP contribution in [-0.4, -0.2) is 22.5 Å². The molecule has 1 heterocycles. The second-order valence-corrected chi connectivity index (χ2v) is 3.62. The largest absolute Gasteiger partial charge is 0.401 e. The van der Waals surface area contributed by atoms with E-state index in [1.807, 2.05) is 13.0 Å². The molecule has 0 aliphatic carbocycles. The molecule has 0 fully saturated rings. The van der Waals surface area contributed by atoms with Crippen molar-refractivity contribution >= 4 is 0 Å². The van der Waals surface area contributed by atoms with Gasteiger partial charge in [0.05, 0.1) is 18.3 Å². The van der Waals surface area contributed by atoms with Crippen LogP contribution in [0.4, 0.5) is 13.2 Å². The predicted octanol–water partition coefficient (Wildman–Crippen LogP) is 1.70. The van der Waals surface area contributed by atoms with E-state index in [1.54, 1.807) is 13.2 Å². The van der Waals surface area contributed by atoms with Crippen LogP contribution in [0.25, 0.3) is 0 Å². The first-order valence-corrected chi connectivity index (χ1v) is 5.09. The van der Waals surface area contributed by atoms with Crippen LogP contribution < -0.4 is 5.32 Å². The van der Waals surface area contributed by atoms with Crippen LogP contribution in [0.1, 0.15) is 24.2 Å². The zero-order valence-corrected chi connectivity index (χ0v) is 9.54. The molecule has 4 nitrogen and oxygen atoms in total. The van der Waals surface area contributed by atoms with Gasteiger partial charge in [-0.2, -0.15) is 23.5 Å². The fourth-order valence-electron chi connectivity index (χ4n) is 1.51. The van der Waals surface area contributed by atoms with Crippen LogP contribution in [0.15, 0.2) is 6.20 Å². The maximum atomic E-state index is 12.1. The van der Waals surface area contributed by atoms with Crippen molar-refractivity contribution in [1.82, 2.24) is 15.1 Å². The maximum Gasteiger partial charge on any atom is 0.401 e. The Morgan fingerprint density at radius 1 is 1.59 bits per heavy atom. The highest BCUT2D eigenvalue weighted by molar-refractivity contribution is 5.26. The SMILES string of the molecule is CCc1nn(C)cc1C(C#N)NCC(F)(F)F. The summed E-state index contributed by atoms with van der Waals surface area (Å²) < 4.78 is 37.7. The van der Waals surface area contributed by atoms with Gasteiger partial charge < -0.3 is 0 Å². The van der Waals surface area contributed by atoms with Crippen molar-refractivity contribution in [3.05, 3.63) is 17.5 Å². The summed E-state index contributed by atoms with van der Waals surface area (Å²) in [4.78, 5) is 0. The van der Waals surface area contributed by atoms with Crippen LogP contribution in [0.2, 0.25) is 0 Å². The smallest absolute Gasteiger partial charge is 0.290 e. The molecule has 7 heteroatoms. The summed E-state index contributed by atoms with van der Waals surface area (Å²) in [6.45, 7) is 0.646. The topological polar surface area (TPSA) is 53.6 Å². The van der Waals surface area contributed by atoms with Gasteiger partial charge in [0.25, 0.3) is 0 Å². The van der Waals surface area contributed by atoms with Gasteiger partial charge in [0, 0.05) is 18.8 Å². The molecule has 0 aliphatic heterocycles. The molecular weight excluding hydrogens is 233 g/mol. The molecule has 1 N–H and O–H groups in total. The highest BCUT2D eigenvalue weighted by Crippen LogP contribution is 2.19. The minimum absolute atomic E-state index is 0.502. The van der Waals surface area contributed by atoms with E-state index in [4.69, 9.17) is 5.26 Å². The van der Waals surface area contributed by atoms with E-state index in [0.717, 1.165) is 0 Å². The molecule has 0 radical (unpaired) electrons. The molecule has 0 saturated carbocycles. The monoisotopic (exact) mass is 246 g/mol. The van der Waals surface area contributed by atoms with Crippen molar-refractivity contribution in [1.29, 1.82) is 5.26 Å². The van der Waals surface area contributed by atoms with E-state index in [2.05, 4.69) is 10.4 Å². The number of nitriles is 1. The Balaban J connectivity index is 2.83. The third kappa shape index (κ3) is 3.75. The fraction of sp³-hybridized carbons (Fsp3) is 0.600. The Kier molecular flexibility index (Phi) is 4.12. The Labute approximate surface area is 97.0 Å². The van der Waals surface area contributed by atoms with E-state index in [-0.39, 0.29) is 0 Å². The molecule has 1 unspecified atom stereocenters. The molecule has 1 aromatic rings. The Hall–Kier alpha value is -1.55. The lowest BCUT2D eigenvalue weighted by atomic mass is 10.1. The quantitative estimate of drug-likeness (QED) is 0.879. The Bertz CT molecular complexity index is 416. The predicted molar refractivity (Wildman–Crippen MR) is 55.0 cm³/mol. The molecule has 0 spiro atoms. The molecule has 0 saturated heterocycles. The third-order valence-corrected chi connectivity index (χ3v) is 2.22. The number of hydrogen-bond donors (Lipinski definition) is 1. The normalized spacial score (nSPS) is 13.4. The van der Waals surface area contributed by atoms with Gasteiger partial charge in [-0.05, 0) is 6.42 Å². The van der Waals surface area contributed by atoms with Crippen molar-refractivity contribution in [3.8, 4) is 6.07 Å². The van der Waals surface area contributed by atoms with E-state index < -0.39 is 18.8 Å². The van der Waals surface area contributed by atoms with Gasteiger partial charge >= 0.3 is 6.18 Å². The first-order valence-electron chi connectivity index (χ1n) is 5.09. The minimum atomic E-state index is -4.33. The van der Waals surface area contributed by atoms with Crippen LogP contribution >= 0.6 is 0 Å². The summed E-state index contributed by atoms with van der Waals surface area (Å²) in [5.74, 6) is 0. The number of hydrogen-bond acceptors (Lipinski definition) is 3. The standard InChI is InChI=1S/C10H13F3N4/c1-3-8-7(5-17(2)16-8)9(4-14)15-6-10(11,12)13/h5,9,15H,3,6H2,1-2H3. The molecule has 1 atom stereocenters. The molecule has 0 aliphatic rings. The summed E-state index contributed by atoms with van der Waals surface area (Å²) >= 11 is 0. The van der Waals surface area contributed by atoms with Gasteiger partial charge in [-0.15, -0.1) is 0 Å². The maximum absolute atomic E-state index is 12.1.